The van der Waals surface area contributed by atoms with Gasteiger partial charge in [0.15, 0.2) is 0 Å². The zero-order valence-corrected chi connectivity index (χ0v) is 11.8. The summed E-state index contributed by atoms with van der Waals surface area (Å²) in [6.07, 6.45) is -4.60. The van der Waals surface area contributed by atoms with Gasteiger partial charge in [0, 0.05) is 10.2 Å². The summed E-state index contributed by atoms with van der Waals surface area (Å²) in [5, 5.41) is 6.51. The zero-order chi connectivity index (χ0) is 14.0. The Labute approximate surface area is 119 Å². The molecule has 1 aromatic carbocycles. The van der Waals surface area contributed by atoms with Gasteiger partial charge in [-0.25, -0.2) is 4.68 Å². The van der Waals surface area contributed by atoms with Crippen LogP contribution in [0.25, 0.3) is 0 Å². The number of aromatic nitrogens is 3. The molecule has 0 radical (unpaired) electrons. The van der Waals surface area contributed by atoms with Gasteiger partial charge < -0.3 is 5.84 Å². The van der Waals surface area contributed by atoms with Crippen LogP contribution in [0.3, 0.4) is 0 Å². The summed E-state index contributed by atoms with van der Waals surface area (Å²) in [5.41, 5.74) is 0.934. The van der Waals surface area contributed by atoms with Crippen molar-refractivity contribution in [2.75, 3.05) is 5.84 Å². The fourth-order valence-corrected chi connectivity index (χ4v) is 2.80. The van der Waals surface area contributed by atoms with E-state index >= 15 is 0 Å². The minimum atomic E-state index is -4.60. The molecule has 102 valence electrons. The van der Waals surface area contributed by atoms with Crippen LogP contribution in [0.4, 0.5) is 13.2 Å². The van der Waals surface area contributed by atoms with Crippen LogP contribution in [0.2, 0.25) is 0 Å². The van der Waals surface area contributed by atoms with Gasteiger partial charge in [0.2, 0.25) is 5.16 Å². The van der Waals surface area contributed by atoms with Crippen molar-refractivity contribution >= 4 is 27.7 Å². The van der Waals surface area contributed by atoms with Gasteiger partial charge in [-0.2, -0.15) is 13.2 Å². The highest BCUT2D eigenvalue weighted by atomic mass is 79.9. The Morgan fingerprint density at radius 2 is 1.95 bits per heavy atom. The molecule has 0 amide bonds. The second-order valence-electron chi connectivity index (χ2n) is 3.55. The van der Waals surface area contributed by atoms with Crippen LogP contribution in [0.15, 0.2) is 33.9 Å². The van der Waals surface area contributed by atoms with Crippen LogP contribution >= 0.6 is 27.7 Å². The lowest BCUT2D eigenvalue weighted by atomic mass is 10.2. The Bertz CT molecular complexity index is 584. The SMILES string of the molecule is Nn1c(SCc2ccccc2Br)nnc1C(F)(F)F. The maximum absolute atomic E-state index is 12.5. The standard InChI is InChI=1S/C10H8BrF3N4S/c11-7-4-2-1-3-6(7)5-19-9-17-16-8(18(9)15)10(12,13)14/h1-4H,5,15H2. The minimum absolute atomic E-state index is 0.0167. The zero-order valence-electron chi connectivity index (χ0n) is 9.36. The molecule has 0 aliphatic rings. The Morgan fingerprint density at radius 1 is 1.26 bits per heavy atom. The number of nitrogens with zero attached hydrogens (tertiary/aromatic N) is 3. The van der Waals surface area contributed by atoms with Gasteiger partial charge in [-0.05, 0) is 11.6 Å². The molecule has 19 heavy (non-hydrogen) atoms. The van der Waals surface area contributed by atoms with E-state index in [9.17, 15) is 13.2 Å². The lowest BCUT2D eigenvalue weighted by molar-refractivity contribution is -0.146. The lowest BCUT2D eigenvalue weighted by Crippen LogP contribution is -2.21. The highest BCUT2D eigenvalue weighted by Crippen LogP contribution is 2.30. The largest absolute Gasteiger partial charge is 0.453 e. The second kappa shape index (κ2) is 5.41. The molecule has 0 aliphatic heterocycles. The van der Waals surface area contributed by atoms with E-state index in [1.54, 1.807) is 0 Å². The number of rotatable bonds is 3. The summed E-state index contributed by atoms with van der Waals surface area (Å²) >= 11 is 4.44. The van der Waals surface area contributed by atoms with Gasteiger partial charge in [-0.15, -0.1) is 10.2 Å². The average Bonchev–Trinajstić information content (AvgIpc) is 2.69. The number of halogens is 4. The minimum Gasteiger partial charge on any atom is -0.335 e. The van der Waals surface area contributed by atoms with Crippen LogP contribution in [0.5, 0.6) is 0 Å². The molecule has 0 unspecified atom stereocenters. The first-order chi connectivity index (χ1) is 8.89. The number of hydrogen-bond donors (Lipinski definition) is 1. The van der Waals surface area contributed by atoms with E-state index in [1.165, 1.54) is 0 Å². The van der Waals surface area contributed by atoms with Gasteiger partial charge in [0.1, 0.15) is 0 Å². The van der Waals surface area contributed by atoms with Gasteiger partial charge >= 0.3 is 6.18 Å². The molecular formula is C10H8BrF3N4S. The predicted molar refractivity (Wildman–Crippen MR) is 68.9 cm³/mol. The Morgan fingerprint density at radius 3 is 2.53 bits per heavy atom. The molecular weight excluding hydrogens is 345 g/mol. The number of thioether (sulfide) groups is 1. The molecule has 0 saturated heterocycles. The molecule has 0 saturated carbocycles. The first-order valence-electron chi connectivity index (χ1n) is 5.03. The fraction of sp³-hybridized carbons (Fsp3) is 0.200. The van der Waals surface area contributed by atoms with E-state index in [4.69, 9.17) is 5.84 Å². The van der Waals surface area contributed by atoms with Gasteiger partial charge in [-0.1, -0.05) is 45.9 Å². The summed E-state index contributed by atoms with van der Waals surface area (Å²) in [6, 6.07) is 7.41. The first-order valence-corrected chi connectivity index (χ1v) is 6.81. The van der Waals surface area contributed by atoms with E-state index in [0.29, 0.717) is 10.4 Å². The maximum Gasteiger partial charge on any atom is 0.453 e. The van der Waals surface area contributed by atoms with E-state index in [1.807, 2.05) is 24.3 Å². The normalized spacial score (nSPS) is 11.8. The quantitative estimate of drug-likeness (QED) is 0.681. The summed E-state index contributed by atoms with van der Waals surface area (Å²) in [5.74, 6) is 4.56. The van der Waals surface area contributed by atoms with Crippen molar-refractivity contribution in [3.8, 4) is 0 Å². The molecule has 4 nitrogen and oxygen atoms in total. The Hall–Kier alpha value is -1.22. The monoisotopic (exact) mass is 352 g/mol. The molecule has 2 N–H and O–H groups in total. The number of benzene rings is 1. The van der Waals surface area contributed by atoms with Crippen molar-refractivity contribution in [3.63, 3.8) is 0 Å². The van der Waals surface area contributed by atoms with Crippen molar-refractivity contribution in [1.82, 2.24) is 14.9 Å². The smallest absolute Gasteiger partial charge is 0.335 e. The molecule has 1 heterocycles. The van der Waals surface area contributed by atoms with Crippen LogP contribution in [0.1, 0.15) is 11.4 Å². The Kier molecular flexibility index (Phi) is 4.04. The topological polar surface area (TPSA) is 56.7 Å². The summed E-state index contributed by atoms with van der Waals surface area (Å²) in [4.78, 5) is 0. The van der Waals surface area contributed by atoms with Gasteiger partial charge in [-0.3, -0.25) is 0 Å². The van der Waals surface area contributed by atoms with E-state index in [0.717, 1.165) is 21.8 Å². The first kappa shape index (κ1) is 14.2. The van der Waals surface area contributed by atoms with E-state index in [2.05, 4.69) is 26.1 Å². The van der Waals surface area contributed by atoms with Crippen LogP contribution in [-0.4, -0.2) is 14.9 Å². The molecule has 1 aromatic heterocycles. The molecule has 0 bridgehead atoms. The number of nitrogen functional groups attached to an aromatic ring is 1. The highest BCUT2D eigenvalue weighted by molar-refractivity contribution is 9.10. The van der Waals surface area contributed by atoms with Crippen molar-refractivity contribution in [1.29, 1.82) is 0 Å². The van der Waals surface area contributed by atoms with Crippen LogP contribution < -0.4 is 5.84 Å². The van der Waals surface area contributed by atoms with Crippen molar-refractivity contribution < 1.29 is 13.2 Å². The summed E-state index contributed by atoms with van der Waals surface area (Å²) < 4.78 is 38.7. The van der Waals surface area contributed by atoms with Crippen molar-refractivity contribution in [3.05, 3.63) is 40.1 Å². The van der Waals surface area contributed by atoms with Crippen molar-refractivity contribution in [2.24, 2.45) is 0 Å². The molecule has 0 fully saturated rings. The summed E-state index contributed by atoms with van der Waals surface area (Å²) in [7, 11) is 0. The van der Waals surface area contributed by atoms with Crippen LogP contribution in [0, 0.1) is 0 Å². The van der Waals surface area contributed by atoms with E-state index < -0.39 is 12.0 Å². The maximum atomic E-state index is 12.5. The third-order valence-corrected chi connectivity index (χ3v) is 4.00. The molecule has 2 rings (SSSR count). The second-order valence-corrected chi connectivity index (χ2v) is 5.35. The highest BCUT2D eigenvalue weighted by Gasteiger charge is 2.38. The predicted octanol–water partition coefficient (Wildman–Crippen LogP) is 3.07. The third-order valence-electron chi connectivity index (χ3n) is 2.23. The van der Waals surface area contributed by atoms with E-state index in [-0.39, 0.29) is 5.16 Å². The van der Waals surface area contributed by atoms with Gasteiger partial charge in [0.05, 0.1) is 0 Å². The fourth-order valence-electron chi connectivity index (χ4n) is 1.33. The third kappa shape index (κ3) is 3.21. The summed E-state index contributed by atoms with van der Waals surface area (Å²) in [6.45, 7) is 0. The molecule has 9 heteroatoms. The lowest BCUT2D eigenvalue weighted by Gasteiger charge is -2.06. The molecule has 0 atom stereocenters. The Balaban J connectivity index is 2.13. The molecule has 2 aromatic rings. The molecule has 0 spiro atoms. The number of alkyl halides is 3. The van der Waals surface area contributed by atoms with Crippen LogP contribution in [-0.2, 0) is 11.9 Å². The number of hydrogen-bond acceptors (Lipinski definition) is 4. The average molecular weight is 353 g/mol. The molecule has 0 aliphatic carbocycles. The number of nitrogens with two attached hydrogens (primary N) is 1. The van der Waals surface area contributed by atoms with Crippen molar-refractivity contribution in [2.45, 2.75) is 17.1 Å². The van der Waals surface area contributed by atoms with Gasteiger partial charge in [0.25, 0.3) is 5.82 Å².